The van der Waals surface area contributed by atoms with E-state index in [1.165, 1.54) is 16.7 Å². The molecule has 0 atom stereocenters. The fourth-order valence-electron chi connectivity index (χ4n) is 3.70. The monoisotopic (exact) mass is 423 g/mol. The highest BCUT2D eigenvalue weighted by molar-refractivity contribution is 5.76. The number of likely N-dealkylation sites (N-methyl/N-ethyl adjacent to an activating group) is 1. The molecular weight excluding hydrogens is 394 g/mol. The fourth-order valence-corrected chi connectivity index (χ4v) is 3.70. The summed E-state index contributed by atoms with van der Waals surface area (Å²) in [5.74, 6) is 2.12. The van der Waals surface area contributed by atoms with Gasteiger partial charge in [-0.2, -0.15) is 4.98 Å². The molecule has 8 heteroatoms. The molecule has 0 unspecified atom stereocenters. The summed E-state index contributed by atoms with van der Waals surface area (Å²) in [6.45, 7) is 8.05. The van der Waals surface area contributed by atoms with E-state index in [1.54, 1.807) is 14.0 Å². The lowest BCUT2D eigenvalue weighted by atomic mass is 9.97. The minimum absolute atomic E-state index is 0.250. The van der Waals surface area contributed by atoms with Crippen molar-refractivity contribution in [3.05, 3.63) is 47.9 Å². The number of nitrogens with zero attached hydrogens (tertiary/aromatic N) is 4. The number of rotatable bonds is 4. The number of hydrogen-bond acceptors (Lipinski definition) is 7. The van der Waals surface area contributed by atoms with Crippen LogP contribution < -0.4 is 15.4 Å². The number of piperazine rings is 1. The smallest absolute Gasteiger partial charge is 0.223 e. The van der Waals surface area contributed by atoms with E-state index in [4.69, 9.17) is 14.1 Å². The second kappa shape index (κ2) is 10.1. The van der Waals surface area contributed by atoms with Crippen molar-refractivity contribution in [3.8, 4) is 28.3 Å². The molecule has 0 spiro atoms. The molecule has 0 aliphatic carbocycles. The largest absolute Gasteiger partial charge is 0.495 e. The molecule has 2 heterocycles. The summed E-state index contributed by atoms with van der Waals surface area (Å²) in [4.78, 5) is 17.7. The van der Waals surface area contributed by atoms with Crippen molar-refractivity contribution in [1.82, 2.24) is 15.0 Å². The van der Waals surface area contributed by atoms with Crippen molar-refractivity contribution >= 4 is 12.1 Å². The first-order valence-corrected chi connectivity index (χ1v) is 10.2. The number of carbonyl (C=O) groups excluding carboxylic acids is 1. The third kappa shape index (κ3) is 5.21. The topological polar surface area (TPSA) is 97.7 Å². The van der Waals surface area contributed by atoms with E-state index < -0.39 is 0 Å². The van der Waals surface area contributed by atoms with Crippen molar-refractivity contribution < 1.29 is 14.1 Å². The molecule has 3 aromatic rings. The highest BCUT2D eigenvalue weighted by Crippen LogP contribution is 2.35. The van der Waals surface area contributed by atoms with Gasteiger partial charge >= 0.3 is 0 Å². The van der Waals surface area contributed by atoms with Gasteiger partial charge in [0.05, 0.1) is 12.8 Å². The molecule has 8 nitrogen and oxygen atoms in total. The Kier molecular flexibility index (Phi) is 7.25. The predicted octanol–water partition coefficient (Wildman–Crippen LogP) is 2.88. The van der Waals surface area contributed by atoms with Crippen molar-refractivity contribution in [3.63, 3.8) is 0 Å². The Morgan fingerprint density at radius 1 is 1.06 bits per heavy atom. The Bertz CT molecular complexity index is 1030. The molecule has 1 aliphatic rings. The normalized spacial score (nSPS) is 14.0. The maximum atomic E-state index is 8.58. The van der Waals surface area contributed by atoms with Crippen LogP contribution in [-0.2, 0) is 4.79 Å². The van der Waals surface area contributed by atoms with Crippen LogP contribution in [0.1, 0.15) is 11.5 Å². The van der Waals surface area contributed by atoms with Crippen LogP contribution in [0.5, 0.6) is 5.75 Å². The zero-order chi connectivity index (χ0) is 22.4. The minimum Gasteiger partial charge on any atom is -0.495 e. The average Bonchev–Trinajstić information content (AvgIpc) is 3.21. The first-order chi connectivity index (χ1) is 15.0. The maximum absolute atomic E-state index is 8.58. The van der Waals surface area contributed by atoms with Crippen molar-refractivity contribution in [2.45, 2.75) is 13.8 Å². The minimum atomic E-state index is 0.250. The second-order valence-corrected chi connectivity index (χ2v) is 7.48. The molecule has 0 radical (unpaired) electrons. The summed E-state index contributed by atoms with van der Waals surface area (Å²) in [6.07, 6.45) is 0.250. The molecule has 1 amide bonds. The van der Waals surface area contributed by atoms with Crippen LogP contribution in [0.25, 0.3) is 22.5 Å². The average molecular weight is 424 g/mol. The maximum Gasteiger partial charge on any atom is 0.223 e. The lowest BCUT2D eigenvalue weighted by Gasteiger charge is -2.35. The third-order valence-corrected chi connectivity index (χ3v) is 5.35. The second-order valence-electron chi connectivity index (χ2n) is 7.48. The molecule has 1 aliphatic heterocycles. The van der Waals surface area contributed by atoms with Crippen LogP contribution >= 0.6 is 0 Å². The number of ether oxygens (including phenoxy) is 1. The third-order valence-electron chi connectivity index (χ3n) is 5.35. The summed E-state index contributed by atoms with van der Waals surface area (Å²) in [5, 5.41) is 4.02. The van der Waals surface area contributed by atoms with Gasteiger partial charge in [-0.15, -0.1) is 0 Å². The first-order valence-electron chi connectivity index (χ1n) is 10.2. The van der Waals surface area contributed by atoms with E-state index in [1.807, 2.05) is 6.07 Å². The molecule has 1 saturated heterocycles. The summed E-state index contributed by atoms with van der Waals surface area (Å²) in [5.41, 5.74) is 9.84. The Labute approximate surface area is 182 Å². The lowest BCUT2D eigenvalue weighted by Crippen LogP contribution is -2.44. The zero-order valence-corrected chi connectivity index (χ0v) is 18.5. The molecule has 4 rings (SSSR count). The van der Waals surface area contributed by atoms with Gasteiger partial charge in [0.1, 0.15) is 5.75 Å². The summed E-state index contributed by atoms with van der Waals surface area (Å²) in [7, 11) is 3.91. The van der Waals surface area contributed by atoms with Gasteiger partial charge in [0.15, 0.2) is 0 Å². The van der Waals surface area contributed by atoms with E-state index in [9.17, 15) is 0 Å². The first kappa shape index (κ1) is 22.3. The standard InChI is InChI=1S/C22H26N4O2.CH3NO/c1-15-13-18(22-23-16(2)28-24-22)5-7-19(15)17-6-8-21(27-4)20(14-17)26-11-9-25(3)10-12-26;2-1-3/h5-8,13-14H,9-12H2,1-4H3;1H,(H2,2,3). The van der Waals surface area contributed by atoms with E-state index in [0.29, 0.717) is 11.7 Å². The van der Waals surface area contributed by atoms with Crippen molar-refractivity contribution in [1.29, 1.82) is 0 Å². The number of nitrogens with two attached hydrogens (primary N) is 1. The highest BCUT2D eigenvalue weighted by Gasteiger charge is 2.19. The number of anilines is 1. The van der Waals surface area contributed by atoms with Gasteiger partial charge < -0.3 is 24.8 Å². The Balaban J connectivity index is 0.000000858. The van der Waals surface area contributed by atoms with Gasteiger partial charge in [-0.05, 0) is 48.9 Å². The molecule has 164 valence electrons. The number of amides is 1. The summed E-state index contributed by atoms with van der Waals surface area (Å²) in [6, 6.07) is 12.7. The number of carbonyl (C=O) groups is 1. The Hall–Kier alpha value is -3.39. The van der Waals surface area contributed by atoms with Crippen LogP contribution in [0.4, 0.5) is 5.69 Å². The molecule has 2 N–H and O–H groups in total. The van der Waals surface area contributed by atoms with Gasteiger partial charge in [0.25, 0.3) is 0 Å². The number of methoxy groups -OCH3 is 1. The number of aryl methyl sites for hydroxylation is 2. The Morgan fingerprint density at radius 3 is 2.32 bits per heavy atom. The zero-order valence-electron chi connectivity index (χ0n) is 18.5. The predicted molar refractivity (Wildman–Crippen MR) is 121 cm³/mol. The van der Waals surface area contributed by atoms with Gasteiger partial charge in [-0.1, -0.05) is 23.4 Å². The Morgan fingerprint density at radius 2 is 1.74 bits per heavy atom. The fraction of sp³-hybridized carbons (Fsp3) is 0.348. The molecule has 31 heavy (non-hydrogen) atoms. The lowest BCUT2D eigenvalue weighted by molar-refractivity contribution is -0.106. The van der Waals surface area contributed by atoms with Crippen LogP contribution in [0.15, 0.2) is 40.9 Å². The molecular formula is C23H29N5O3. The highest BCUT2D eigenvalue weighted by atomic mass is 16.5. The SMILES string of the molecule is COc1ccc(-c2ccc(-c3noc(C)n3)cc2C)cc1N1CCN(C)CC1.NC=O. The van der Waals surface area contributed by atoms with Gasteiger partial charge in [0, 0.05) is 38.7 Å². The number of benzene rings is 2. The van der Waals surface area contributed by atoms with Crippen LogP contribution in [0.3, 0.4) is 0 Å². The molecule has 1 aromatic heterocycles. The van der Waals surface area contributed by atoms with Crippen LogP contribution in [0.2, 0.25) is 0 Å². The molecule has 0 bridgehead atoms. The van der Waals surface area contributed by atoms with Gasteiger partial charge in [0.2, 0.25) is 18.1 Å². The summed E-state index contributed by atoms with van der Waals surface area (Å²) < 4.78 is 10.7. The molecule has 2 aromatic carbocycles. The van der Waals surface area contributed by atoms with E-state index in [-0.39, 0.29) is 6.41 Å². The van der Waals surface area contributed by atoms with E-state index in [0.717, 1.165) is 43.2 Å². The number of hydrogen-bond donors (Lipinski definition) is 1. The van der Waals surface area contributed by atoms with Crippen LogP contribution in [0, 0.1) is 13.8 Å². The molecule has 0 saturated carbocycles. The summed E-state index contributed by atoms with van der Waals surface area (Å²) >= 11 is 0. The number of primary amides is 1. The van der Waals surface area contributed by atoms with Crippen molar-refractivity contribution in [2.75, 3.05) is 45.2 Å². The quantitative estimate of drug-likeness (QED) is 0.644. The number of aromatic nitrogens is 2. The van der Waals surface area contributed by atoms with Crippen LogP contribution in [-0.4, -0.2) is 61.8 Å². The van der Waals surface area contributed by atoms with Gasteiger partial charge in [-0.25, -0.2) is 0 Å². The van der Waals surface area contributed by atoms with E-state index >= 15 is 0 Å². The van der Waals surface area contributed by atoms with Gasteiger partial charge in [-0.3, -0.25) is 4.79 Å². The van der Waals surface area contributed by atoms with Crippen molar-refractivity contribution in [2.24, 2.45) is 5.73 Å². The molecule has 1 fully saturated rings. The van der Waals surface area contributed by atoms with E-state index in [2.05, 4.69) is 70.0 Å².